The lowest BCUT2D eigenvalue weighted by Crippen LogP contribution is -2.27. The molecule has 2 N–H and O–H groups in total. The molecule has 3 nitrogen and oxygen atoms in total. The van der Waals surface area contributed by atoms with Gasteiger partial charge in [-0.15, -0.1) is 0 Å². The number of halogens is 1. The smallest absolute Gasteiger partial charge is 0.119 e. The Morgan fingerprint density at radius 2 is 1.90 bits per heavy atom. The maximum absolute atomic E-state index is 6.08. The Kier molecular flexibility index (Phi) is 5.79. The van der Waals surface area contributed by atoms with Crippen LogP contribution in [0.4, 0.5) is 0 Å². The van der Waals surface area contributed by atoms with Gasteiger partial charge < -0.3 is 15.2 Å². The topological polar surface area (TPSA) is 44.5 Å². The summed E-state index contributed by atoms with van der Waals surface area (Å²) in [7, 11) is 1.66. The van der Waals surface area contributed by atoms with Gasteiger partial charge >= 0.3 is 0 Å². The summed E-state index contributed by atoms with van der Waals surface area (Å²) in [6.07, 6.45) is -0.168. The first kappa shape index (κ1) is 16.0. The molecule has 2 unspecified atom stereocenters. The lowest BCUT2D eigenvalue weighted by atomic mass is 10.0. The van der Waals surface area contributed by atoms with E-state index in [0.29, 0.717) is 6.61 Å². The molecule has 0 heterocycles. The fraction of sp³-hybridized carbons (Fsp3) is 0.294. The fourth-order valence-corrected chi connectivity index (χ4v) is 2.63. The first-order valence-electron chi connectivity index (χ1n) is 6.85. The van der Waals surface area contributed by atoms with Crippen LogP contribution in [0.2, 0.25) is 0 Å². The lowest BCUT2D eigenvalue weighted by molar-refractivity contribution is 0.0257. The van der Waals surface area contributed by atoms with Gasteiger partial charge in [-0.3, -0.25) is 0 Å². The molecule has 0 amide bonds. The molecule has 0 fully saturated rings. The van der Waals surface area contributed by atoms with Gasteiger partial charge in [0.1, 0.15) is 5.75 Å². The molecule has 2 atom stereocenters. The molecule has 0 aliphatic heterocycles. The zero-order valence-corrected chi connectivity index (χ0v) is 13.8. The Hall–Kier alpha value is -1.36. The Balaban J connectivity index is 2.12. The summed E-state index contributed by atoms with van der Waals surface area (Å²) >= 11 is 3.47. The highest BCUT2D eigenvalue weighted by Crippen LogP contribution is 2.25. The van der Waals surface area contributed by atoms with E-state index in [4.69, 9.17) is 15.2 Å². The molecule has 0 radical (unpaired) electrons. The first-order valence-corrected chi connectivity index (χ1v) is 7.65. The molecule has 0 saturated carbocycles. The fourth-order valence-electron chi connectivity index (χ4n) is 2.18. The minimum absolute atomic E-state index is 0.107. The second kappa shape index (κ2) is 7.59. The highest BCUT2D eigenvalue weighted by Gasteiger charge is 2.17. The van der Waals surface area contributed by atoms with Crippen molar-refractivity contribution in [3.63, 3.8) is 0 Å². The Labute approximate surface area is 134 Å². The van der Waals surface area contributed by atoms with Crippen molar-refractivity contribution in [1.29, 1.82) is 0 Å². The van der Waals surface area contributed by atoms with Crippen molar-refractivity contribution in [3.05, 3.63) is 64.1 Å². The van der Waals surface area contributed by atoms with E-state index in [1.54, 1.807) is 7.11 Å². The molecule has 21 heavy (non-hydrogen) atoms. The van der Waals surface area contributed by atoms with Crippen LogP contribution in [0.25, 0.3) is 0 Å². The number of hydrogen-bond acceptors (Lipinski definition) is 3. The van der Waals surface area contributed by atoms with Crippen LogP contribution in [0.15, 0.2) is 53.0 Å². The van der Waals surface area contributed by atoms with Crippen LogP contribution in [-0.2, 0) is 11.3 Å². The average molecular weight is 350 g/mol. The SMILES string of the molecule is COc1cccc(C(OCc2cccc(Br)c2)C(C)N)c1. The Morgan fingerprint density at radius 3 is 2.57 bits per heavy atom. The summed E-state index contributed by atoms with van der Waals surface area (Å²) in [6.45, 7) is 2.47. The Morgan fingerprint density at radius 1 is 1.14 bits per heavy atom. The van der Waals surface area contributed by atoms with E-state index < -0.39 is 0 Å². The summed E-state index contributed by atoms with van der Waals surface area (Å²) in [5.41, 5.74) is 8.22. The molecule has 0 aliphatic carbocycles. The number of rotatable bonds is 6. The van der Waals surface area contributed by atoms with E-state index in [1.165, 1.54) is 0 Å². The standard InChI is InChI=1S/C17H20BrNO2/c1-12(19)17(14-6-4-8-16(10-14)20-2)21-11-13-5-3-7-15(18)9-13/h3-10,12,17H,11,19H2,1-2H3. The van der Waals surface area contributed by atoms with Crippen LogP contribution in [0.1, 0.15) is 24.2 Å². The molecule has 2 aromatic rings. The van der Waals surface area contributed by atoms with Gasteiger partial charge in [-0.2, -0.15) is 0 Å². The molecule has 0 aromatic heterocycles. The van der Waals surface area contributed by atoms with Gasteiger partial charge in [0, 0.05) is 10.5 Å². The van der Waals surface area contributed by atoms with E-state index in [-0.39, 0.29) is 12.1 Å². The van der Waals surface area contributed by atoms with Crippen LogP contribution in [0, 0.1) is 0 Å². The predicted molar refractivity (Wildman–Crippen MR) is 88.3 cm³/mol. The van der Waals surface area contributed by atoms with Crippen molar-refractivity contribution in [2.24, 2.45) is 5.73 Å². The average Bonchev–Trinajstić information content (AvgIpc) is 2.47. The minimum Gasteiger partial charge on any atom is -0.497 e. The van der Waals surface area contributed by atoms with Crippen molar-refractivity contribution < 1.29 is 9.47 Å². The molecule has 2 aromatic carbocycles. The zero-order chi connectivity index (χ0) is 15.2. The van der Waals surface area contributed by atoms with Crippen LogP contribution in [-0.4, -0.2) is 13.2 Å². The van der Waals surface area contributed by atoms with E-state index in [2.05, 4.69) is 15.9 Å². The number of methoxy groups -OCH3 is 1. The molecule has 4 heteroatoms. The molecule has 0 bridgehead atoms. The third-order valence-corrected chi connectivity index (χ3v) is 3.71. The van der Waals surface area contributed by atoms with Crippen molar-refractivity contribution in [2.45, 2.75) is 25.7 Å². The van der Waals surface area contributed by atoms with Crippen molar-refractivity contribution in [2.75, 3.05) is 7.11 Å². The first-order chi connectivity index (χ1) is 10.1. The van der Waals surface area contributed by atoms with Crippen LogP contribution < -0.4 is 10.5 Å². The summed E-state index contributed by atoms with van der Waals surface area (Å²) in [4.78, 5) is 0. The molecule has 0 aliphatic rings. The largest absolute Gasteiger partial charge is 0.497 e. The maximum atomic E-state index is 6.08. The second-order valence-corrected chi connectivity index (χ2v) is 5.91. The molecular formula is C17H20BrNO2. The van der Waals surface area contributed by atoms with E-state index in [9.17, 15) is 0 Å². The third-order valence-electron chi connectivity index (χ3n) is 3.22. The van der Waals surface area contributed by atoms with E-state index >= 15 is 0 Å². The van der Waals surface area contributed by atoms with Gasteiger partial charge in [0.05, 0.1) is 19.8 Å². The lowest BCUT2D eigenvalue weighted by Gasteiger charge is -2.22. The van der Waals surface area contributed by atoms with E-state index in [0.717, 1.165) is 21.3 Å². The van der Waals surface area contributed by atoms with Crippen LogP contribution in [0.3, 0.4) is 0 Å². The number of hydrogen-bond donors (Lipinski definition) is 1. The zero-order valence-electron chi connectivity index (χ0n) is 12.3. The maximum Gasteiger partial charge on any atom is 0.119 e. The van der Waals surface area contributed by atoms with Gasteiger partial charge in [0.2, 0.25) is 0 Å². The molecule has 2 rings (SSSR count). The third kappa shape index (κ3) is 4.56. The monoisotopic (exact) mass is 349 g/mol. The summed E-state index contributed by atoms with van der Waals surface area (Å²) in [5, 5.41) is 0. The minimum atomic E-state index is -0.168. The normalized spacial score (nSPS) is 13.7. The molecule has 112 valence electrons. The summed E-state index contributed by atoms with van der Waals surface area (Å²) in [5.74, 6) is 0.809. The molecular weight excluding hydrogens is 330 g/mol. The number of benzene rings is 2. The molecule has 0 spiro atoms. The van der Waals surface area contributed by atoms with Crippen molar-refractivity contribution in [3.8, 4) is 5.75 Å². The summed E-state index contributed by atoms with van der Waals surface area (Å²) in [6, 6.07) is 15.8. The Bertz CT molecular complexity index is 587. The van der Waals surface area contributed by atoms with Crippen LogP contribution >= 0.6 is 15.9 Å². The highest BCUT2D eigenvalue weighted by atomic mass is 79.9. The quantitative estimate of drug-likeness (QED) is 0.854. The van der Waals surface area contributed by atoms with Gasteiger partial charge in [-0.25, -0.2) is 0 Å². The van der Waals surface area contributed by atoms with Gasteiger partial charge in [0.15, 0.2) is 0 Å². The van der Waals surface area contributed by atoms with Crippen LogP contribution in [0.5, 0.6) is 5.75 Å². The van der Waals surface area contributed by atoms with Crippen molar-refractivity contribution >= 4 is 15.9 Å². The predicted octanol–water partition coefficient (Wildman–Crippen LogP) is 4.06. The van der Waals surface area contributed by atoms with Gasteiger partial charge in [-0.05, 0) is 42.3 Å². The highest BCUT2D eigenvalue weighted by molar-refractivity contribution is 9.10. The number of nitrogens with two attached hydrogens (primary N) is 1. The second-order valence-electron chi connectivity index (χ2n) is 5.00. The summed E-state index contributed by atoms with van der Waals surface area (Å²) < 4.78 is 12.3. The van der Waals surface area contributed by atoms with E-state index in [1.807, 2.05) is 55.5 Å². The van der Waals surface area contributed by atoms with Gasteiger partial charge in [0.25, 0.3) is 0 Å². The molecule has 0 saturated heterocycles. The van der Waals surface area contributed by atoms with Crippen molar-refractivity contribution in [1.82, 2.24) is 0 Å². The number of ether oxygens (including phenoxy) is 2. The van der Waals surface area contributed by atoms with Gasteiger partial charge in [-0.1, -0.05) is 40.2 Å².